The lowest BCUT2D eigenvalue weighted by atomic mass is 9.96. The summed E-state index contributed by atoms with van der Waals surface area (Å²) in [5, 5.41) is 10.7. The first-order valence-electron chi connectivity index (χ1n) is 5.79. The Labute approximate surface area is 104 Å². The van der Waals surface area contributed by atoms with Crippen molar-refractivity contribution in [1.82, 2.24) is 5.32 Å². The molecule has 0 spiro atoms. The van der Waals surface area contributed by atoms with Crippen molar-refractivity contribution in [2.45, 2.75) is 45.2 Å². The molecule has 1 amide bonds. The molecule has 0 aromatic heterocycles. The molecule has 1 unspecified atom stereocenters. The number of hydrogen-bond donors (Lipinski definition) is 2. The second-order valence-electron chi connectivity index (χ2n) is 4.14. The number of halogens is 3. The first kappa shape index (κ1) is 16.7. The van der Waals surface area contributed by atoms with Crippen molar-refractivity contribution in [2.75, 3.05) is 6.54 Å². The molecule has 0 aliphatic heterocycles. The molecule has 0 aromatic carbocycles. The second kappa shape index (κ2) is 7.94. The molecule has 0 bridgehead atoms. The quantitative estimate of drug-likeness (QED) is 0.710. The molecular weight excluding hydrogens is 251 g/mol. The fraction of sp³-hybridized carbons (Fsp3) is 0.818. The number of hydrogen-bond acceptors (Lipinski definition) is 2. The van der Waals surface area contributed by atoms with Crippen LogP contribution in [0.3, 0.4) is 0 Å². The maximum Gasteiger partial charge on any atom is 0.397 e. The number of carbonyl (C=O) groups excluding carboxylic acids is 1. The summed E-state index contributed by atoms with van der Waals surface area (Å²) >= 11 is 0. The summed E-state index contributed by atoms with van der Waals surface area (Å²) in [6, 6.07) is 0. The van der Waals surface area contributed by atoms with E-state index in [9.17, 15) is 22.8 Å². The van der Waals surface area contributed by atoms with Crippen LogP contribution >= 0.6 is 0 Å². The summed E-state index contributed by atoms with van der Waals surface area (Å²) in [7, 11) is 0. The Morgan fingerprint density at radius 2 is 1.89 bits per heavy atom. The Morgan fingerprint density at radius 3 is 2.33 bits per heavy atom. The minimum absolute atomic E-state index is 0.0367. The zero-order valence-corrected chi connectivity index (χ0v) is 10.2. The monoisotopic (exact) mass is 269 g/mol. The van der Waals surface area contributed by atoms with Gasteiger partial charge in [0.2, 0.25) is 5.91 Å². The molecule has 0 fully saturated rings. The van der Waals surface area contributed by atoms with Gasteiger partial charge in [-0.25, -0.2) is 0 Å². The average molecular weight is 269 g/mol. The van der Waals surface area contributed by atoms with Gasteiger partial charge >= 0.3 is 12.1 Å². The normalized spacial score (nSPS) is 13.1. The predicted molar refractivity (Wildman–Crippen MR) is 58.9 cm³/mol. The highest BCUT2D eigenvalue weighted by molar-refractivity contribution is 5.76. The minimum Gasteiger partial charge on any atom is -0.481 e. The molecule has 4 nitrogen and oxygen atoms in total. The van der Waals surface area contributed by atoms with Gasteiger partial charge in [-0.05, 0) is 18.8 Å². The third-order valence-corrected chi connectivity index (χ3v) is 2.58. The second-order valence-corrected chi connectivity index (χ2v) is 4.14. The summed E-state index contributed by atoms with van der Waals surface area (Å²) < 4.78 is 35.5. The van der Waals surface area contributed by atoms with Gasteiger partial charge in [-0.3, -0.25) is 9.59 Å². The van der Waals surface area contributed by atoms with E-state index < -0.39 is 24.5 Å². The van der Waals surface area contributed by atoms with E-state index in [0.717, 1.165) is 6.42 Å². The number of amides is 1. The predicted octanol–water partition coefficient (Wildman–Crippen LogP) is 2.34. The molecule has 0 heterocycles. The summed E-state index contributed by atoms with van der Waals surface area (Å²) in [5.41, 5.74) is 0. The van der Waals surface area contributed by atoms with E-state index in [1.165, 1.54) is 0 Å². The minimum atomic E-state index is -4.49. The summed E-state index contributed by atoms with van der Waals surface area (Å²) in [6.45, 7) is 2.02. The Bertz CT molecular complexity index is 279. The first-order chi connectivity index (χ1) is 8.24. The molecule has 0 saturated carbocycles. The van der Waals surface area contributed by atoms with Gasteiger partial charge in [-0.1, -0.05) is 13.3 Å². The van der Waals surface area contributed by atoms with Crippen molar-refractivity contribution in [3.05, 3.63) is 0 Å². The lowest BCUT2D eigenvalue weighted by molar-refractivity contribution is -0.153. The molecular formula is C11H18F3NO3. The third-order valence-electron chi connectivity index (χ3n) is 2.58. The van der Waals surface area contributed by atoms with E-state index in [1.807, 2.05) is 6.92 Å². The van der Waals surface area contributed by atoms with E-state index in [1.54, 1.807) is 0 Å². The van der Waals surface area contributed by atoms with Crippen molar-refractivity contribution in [3.8, 4) is 0 Å². The van der Waals surface area contributed by atoms with Crippen LogP contribution in [-0.2, 0) is 9.59 Å². The van der Waals surface area contributed by atoms with E-state index in [0.29, 0.717) is 12.8 Å². The lowest BCUT2D eigenvalue weighted by Crippen LogP contribution is -2.30. The summed E-state index contributed by atoms with van der Waals surface area (Å²) in [5.74, 6) is -1.84. The molecule has 0 aromatic rings. The van der Waals surface area contributed by atoms with Gasteiger partial charge in [0.15, 0.2) is 0 Å². The largest absolute Gasteiger partial charge is 0.481 e. The SMILES string of the molecule is CCC(CCNC(=O)CC(F)(F)F)CCC(=O)O. The van der Waals surface area contributed by atoms with Crippen LogP contribution in [-0.4, -0.2) is 29.7 Å². The zero-order valence-electron chi connectivity index (χ0n) is 10.2. The molecule has 0 radical (unpaired) electrons. The number of alkyl halides is 3. The lowest BCUT2D eigenvalue weighted by Gasteiger charge is -2.14. The Kier molecular flexibility index (Phi) is 7.38. The van der Waals surface area contributed by atoms with E-state index in [-0.39, 0.29) is 18.9 Å². The third kappa shape index (κ3) is 9.92. The Balaban J connectivity index is 3.80. The molecule has 0 rings (SSSR count). The van der Waals surface area contributed by atoms with Crippen LogP contribution in [0.2, 0.25) is 0 Å². The van der Waals surface area contributed by atoms with Crippen molar-refractivity contribution in [3.63, 3.8) is 0 Å². The van der Waals surface area contributed by atoms with Crippen LogP contribution in [0.1, 0.15) is 39.0 Å². The van der Waals surface area contributed by atoms with Crippen molar-refractivity contribution >= 4 is 11.9 Å². The molecule has 106 valence electrons. The van der Waals surface area contributed by atoms with Crippen LogP contribution in [0.5, 0.6) is 0 Å². The van der Waals surface area contributed by atoms with Crippen molar-refractivity contribution < 1.29 is 27.9 Å². The molecule has 0 aliphatic rings. The fourth-order valence-corrected chi connectivity index (χ4v) is 1.54. The van der Waals surface area contributed by atoms with E-state index >= 15 is 0 Å². The zero-order chi connectivity index (χ0) is 14.2. The number of carboxylic acid groups (broad SMARTS) is 1. The maximum atomic E-state index is 11.8. The van der Waals surface area contributed by atoms with Gasteiger partial charge in [-0.2, -0.15) is 13.2 Å². The molecule has 18 heavy (non-hydrogen) atoms. The van der Waals surface area contributed by atoms with Gasteiger partial charge in [0.05, 0.1) is 0 Å². The highest BCUT2D eigenvalue weighted by Crippen LogP contribution is 2.19. The topological polar surface area (TPSA) is 66.4 Å². The first-order valence-corrected chi connectivity index (χ1v) is 5.79. The smallest absolute Gasteiger partial charge is 0.397 e. The molecule has 2 N–H and O–H groups in total. The van der Waals surface area contributed by atoms with E-state index in [2.05, 4.69) is 5.32 Å². The van der Waals surface area contributed by atoms with Crippen molar-refractivity contribution in [1.29, 1.82) is 0 Å². The van der Waals surface area contributed by atoms with Gasteiger partial charge < -0.3 is 10.4 Å². The van der Waals surface area contributed by atoms with Crippen LogP contribution in [0.4, 0.5) is 13.2 Å². The van der Waals surface area contributed by atoms with Gasteiger partial charge in [0.1, 0.15) is 6.42 Å². The van der Waals surface area contributed by atoms with E-state index in [4.69, 9.17) is 5.11 Å². The van der Waals surface area contributed by atoms with Gasteiger partial charge in [0.25, 0.3) is 0 Å². The highest BCUT2D eigenvalue weighted by atomic mass is 19.4. The number of aliphatic carboxylic acids is 1. The van der Waals surface area contributed by atoms with Crippen LogP contribution in [0.25, 0.3) is 0 Å². The summed E-state index contributed by atoms with van der Waals surface area (Å²) in [4.78, 5) is 21.2. The number of carbonyl (C=O) groups is 2. The maximum absolute atomic E-state index is 11.8. The van der Waals surface area contributed by atoms with Crippen LogP contribution in [0, 0.1) is 5.92 Å². The summed E-state index contributed by atoms with van der Waals surface area (Å²) in [6.07, 6.45) is -4.22. The fourth-order valence-electron chi connectivity index (χ4n) is 1.54. The van der Waals surface area contributed by atoms with Gasteiger partial charge in [-0.15, -0.1) is 0 Å². The molecule has 0 aliphatic carbocycles. The van der Waals surface area contributed by atoms with Crippen LogP contribution in [0.15, 0.2) is 0 Å². The molecule has 1 atom stereocenters. The molecule has 0 saturated heterocycles. The number of carboxylic acids is 1. The number of rotatable bonds is 8. The molecule has 7 heteroatoms. The standard InChI is InChI=1S/C11H18F3NO3/c1-2-8(3-4-10(17)18)5-6-15-9(16)7-11(12,13)14/h8H,2-7H2,1H3,(H,15,16)(H,17,18). The Morgan fingerprint density at radius 1 is 1.28 bits per heavy atom. The average Bonchev–Trinajstić information content (AvgIpc) is 2.20. The Hall–Kier alpha value is -1.27. The van der Waals surface area contributed by atoms with Gasteiger partial charge in [0, 0.05) is 13.0 Å². The number of nitrogens with one attached hydrogen (secondary N) is 1. The van der Waals surface area contributed by atoms with Crippen molar-refractivity contribution in [2.24, 2.45) is 5.92 Å². The van der Waals surface area contributed by atoms with Crippen LogP contribution < -0.4 is 5.32 Å². The highest BCUT2D eigenvalue weighted by Gasteiger charge is 2.30.